The highest BCUT2D eigenvalue weighted by molar-refractivity contribution is 8.47. The van der Waals surface area contributed by atoms with Crippen LogP contribution in [0.3, 0.4) is 0 Å². The van der Waals surface area contributed by atoms with Gasteiger partial charge in [-0.2, -0.15) is 0 Å². The Kier molecular flexibility index (Phi) is 3.71. The van der Waals surface area contributed by atoms with Crippen LogP contribution in [0.4, 0.5) is 5.69 Å². The maximum absolute atomic E-state index is 11.7. The fraction of sp³-hybridized carbons (Fsp3) is 0. The van der Waals surface area contributed by atoms with Crippen molar-refractivity contribution in [1.82, 2.24) is 0 Å². The minimum absolute atomic E-state index is 0.0350. The van der Waals surface area contributed by atoms with Gasteiger partial charge >= 0.3 is 5.97 Å². The molecule has 0 spiro atoms. The highest BCUT2D eigenvalue weighted by Gasteiger charge is 2.38. The van der Waals surface area contributed by atoms with Gasteiger partial charge in [-0.15, -0.1) is 10.0 Å². The first-order valence-electron chi connectivity index (χ1n) is 6.65. The maximum Gasteiger partial charge on any atom is 0.343 e. The van der Waals surface area contributed by atoms with E-state index in [1.165, 1.54) is 18.3 Å². The largest absolute Gasteiger partial charge is 0.477 e. The minimum atomic E-state index is -2.15. The van der Waals surface area contributed by atoms with Crippen molar-refractivity contribution in [3.8, 4) is 0 Å². The first kappa shape index (κ1) is 15.0. The SMILES string of the molecule is O=C(O)C1=CN=CS1(c1ccccc1)c1ccc([N+](=O)[O-])cc1. The zero-order valence-electron chi connectivity index (χ0n) is 11.8. The van der Waals surface area contributed by atoms with E-state index in [1.54, 1.807) is 17.7 Å². The van der Waals surface area contributed by atoms with E-state index >= 15 is 0 Å². The van der Waals surface area contributed by atoms with E-state index in [0.717, 1.165) is 4.90 Å². The monoisotopic (exact) mass is 328 g/mol. The van der Waals surface area contributed by atoms with Crippen LogP contribution in [0.2, 0.25) is 0 Å². The van der Waals surface area contributed by atoms with E-state index in [2.05, 4.69) is 4.99 Å². The summed E-state index contributed by atoms with van der Waals surface area (Å²) in [7, 11) is -2.15. The predicted molar refractivity (Wildman–Crippen MR) is 87.9 cm³/mol. The molecule has 0 saturated carbocycles. The van der Waals surface area contributed by atoms with Gasteiger partial charge in [0.05, 0.1) is 10.5 Å². The fourth-order valence-corrected chi connectivity index (χ4v) is 5.49. The Labute approximate surface area is 133 Å². The molecule has 1 heterocycles. The molecule has 6 nitrogen and oxygen atoms in total. The van der Waals surface area contributed by atoms with E-state index in [9.17, 15) is 20.0 Å². The molecule has 116 valence electrons. The van der Waals surface area contributed by atoms with Crippen LogP contribution in [-0.2, 0) is 4.79 Å². The van der Waals surface area contributed by atoms with Crippen molar-refractivity contribution in [2.24, 2.45) is 4.99 Å². The summed E-state index contributed by atoms with van der Waals surface area (Å²) in [6.07, 6.45) is 1.35. The average Bonchev–Trinajstić information content (AvgIpc) is 3.02. The molecule has 2 aromatic rings. The smallest absolute Gasteiger partial charge is 0.343 e. The maximum atomic E-state index is 11.7. The van der Waals surface area contributed by atoms with Gasteiger partial charge < -0.3 is 5.11 Å². The predicted octanol–water partition coefficient (Wildman–Crippen LogP) is 3.79. The number of aliphatic carboxylic acids is 1. The average molecular weight is 328 g/mol. The third-order valence-corrected chi connectivity index (χ3v) is 6.95. The van der Waals surface area contributed by atoms with Crippen LogP contribution < -0.4 is 0 Å². The Morgan fingerprint density at radius 2 is 1.65 bits per heavy atom. The highest BCUT2D eigenvalue weighted by Crippen LogP contribution is 2.68. The number of carbonyl (C=O) groups is 1. The van der Waals surface area contributed by atoms with E-state index in [4.69, 9.17) is 0 Å². The molecule has 0 bridgehead atoms. The summed E-state index contributed by atoms with van der Waals surface area (Å²) in [5.74, 6) is -1.04. The van der Waals surface area contributed by atoms with Crippen LogP contribution >= 0.6 is 10.0 Å². The Hall–Kier alpha value is -2.93. The van der Waals surface area contributed by atoms with Gasteiger partial charge in [0.25, 0.3) is 5.69 Å². The van der Waals surface area contributed by atoms with Crippen LogP contribution in [0.25, 0.3) is 0 Å². The summed E-state index contributed by atoms with van der Waals surface area (Å²) in [5, 5.41) is 20.4. The number of carboxylic acids is 1. The first-order valence-corrected chi connectivity index (χ1v) is 8.35. The number of hydrogen-bond acceptors (Lipinski definition) is 4. The van der Waals surface area contributed by atoms with Gasteiger partial charge in [0.2, 0.25) is 0 Å². The van der Waals surface area contributed by atoms with Crippen molar-refractivity contribution in [2.75, 3.05) is 0 Å². The van der Waals surface area contributed by atoms with Gasteiger partial charge in [-0.3, -0.25) is 15.1 Å². The lowest BCUT2D eigenvalue weighted by Crippen LogP contribution is -2.11. The van der Waals surface area contributed by atoms with Crippen molar-refractivity contribution in [3.63, 3.8) is 0 Å². The van der Waals surface area contributed by atoms with E-state index in [1.807, 2.05) is 30.3 Å². The third-order valence-electron chi connectivity index (χ3n) is 3.50. The summed E-state index contributed by atoms with van der Waals surface area (Å²) >= 11 is 0. The van der Waals surface area contributed by atoms with Crippen LogP contribution in [0.5, 0.6) is 0 Å². The molecule has 7 heteroatoms. The minimum Gasteiger partial charge on any atom is -0.477 e. The van der Waals surface area contributed by atoms with E-state index in [-0.39, 0.29) is 10.6 Å². The Morgan fingerprint density at radius 1 is 1.04 bits per heavy atom. The number of aliphatic imine (C=N–C) groups is 1. The van der Waals surface area contributed by atoms with Crippen LogP contribution in [0.1, 0.15) is 0 Å². The number of nitro groups is 1. The summed E-state index contributed by atoms with van der Waals surface area (Å²) in [4.78, 5) is 27.9. The Morgan fingerprint density at radius 3 is 2.22 bits per heavy atom. The zero-order valence-corrected chi connectivity index (χ0v) is 12.6. The fourth-order valence-electron chi connectivity index (χ4n) is 2.45. The second kappa shape index (κ2) is 5.69. The molecule has 1 aliphatic heterocycles. The number of carboxylic acid groups (broad SMARTS) is 1. The Bertz CT molecular complexity index is 831. The molecule has 0 aromatic heterocycles. The molecule has 2 aromatic carbocycles. The van der Waals surface area contributed by atoms with Crippen molar-refractivity contribution in [1.29, 1.82) is 0 Å². The second-order valence-electron chi connectivity index (χ2n) is 4.78. The standard InChI is InChI=1S/C16H12N2O4S/c19-16(20)15-10-17-11-23(15,13-4-2-1-3-5-13)14-8-6-12(7-9-14)18(21)22/h1-11H,(H,19,20). The molecular weight excluding hydrogens is 316 g/mol. The molecule has 23 heavy (non-hydrogen) atoms. The normalized spacial score (nSPS) is 22.2. The summed E-state index contributed by atoms with van der Waals surface area (Å²) < 4.78 is 0. The summed E-state index contributed by atoms with van der Waals surface area (Å²) in [6, 6.07) is 15.2. The lowest BCUT2D eigenvalue weighted by Gasteiger charge is -2.34. The Balaban J connectivity index is 2.22. The number of non-ortho nitro benzene ring substituents is 1. The third kappa shape index (κ3) is 2.40. The van der Waals surface area contributed by atoms with Crippen LogP contribution in [0.15, 0.2) is 80.5 Å². The molecule has 1 N–H and O–H groups in total. The van der Waals surface area contributed by atoms with Gasteiger partial charge in [0.1, 0.15) is 4.91 Å². The van der Waals surface area contributed by atoms with Crippen molar-refractivity contribution < 1.29 is 14.8 Å². The molecule has 0 amide bonds. The van der Waals surface area contributed by atoms with Crippen molar-refractivity contribution in [2.45, 2.75) is 9.79 Å². The molecule has 1 unspecified atom stereocenters. The number of nitro benzene ring substituents is 1. The molecule has 0 radical (unpaired) electrons. The number of benzene rings is 2. The molecular formula is C16H12N2O4S. The quantitative estimate of drug-likeness (QED) is 0.682. The van der Waals surface area contributed by atoms with Gasteiger partial charge in [-0.1, -0.05) is 18.2 Å². The van der Waals surface area contributed by atoms with Crippen molar-refractivity contribution in [3.05, 3.63) is 75.8 Å². The number of hydrogen-bond donors (Lipinski definition) is 1. The van der Waals surface area contributed by atoms with Crippen LogP contribution in [-0.4, -0.2) is 21.5 Å². The van der Waals surface area contributed by atoms with Gasteiger partial charge in [0.15, 0.2) is 0 Å². The molecule has 3 rings (SSSR count). The van der Waals surface area contributed by atoms with E-state index < -0.39 is 20.9 Å². The topological polar surface area (TPSA) is 92.8 Å². The molecule has 0 fully saturated rings. The number of nitrogens with zero attached hydrogens (tertiary/aromatic N) is 2. The van der Waals surface area contributed by atoms with Gasteiger partial charge in [-0.25, -0.2) is 4.79 Å². The zero-order chi connectivity index (χ0) is 16.4. The summed E-state index contributed by atoms with van der Waals surface area (Å²) in [6.45, 7) is 0. The molecule has 0 saturated heterocycles. The summed E-state index contributed by atoms with van der Waals surface area (Å²) in [5.41, 5.74) is 1.61. The van der Waals surface area contributed by atoms with Crippen LogP contribution in [0, 0.1) is 10.1 Å². The highest BCUT2D eigenvalue weighted by atomic mass is 32.3. The van der Waals surface area contributed by atoms with Crippen molar-refractivity contribution >= 4 is 27.2 Å². The molecule has 1 aliphatic rings. The second-order valence-corrected chi connectivity index (χ2v) is 7.69. The van der Waals surface area contributed by atoms with Gasteiger partial charge in [-0.05, 0) is 24.3 Å². The first-order chi connectivity index (χ1) is 11.1. The lowest BCUT2D eigenvalue weighted by molar-refractivity contribution is -0.384. The van der Waals surface area contributed by atoms with E-state index in [0.29, 0.717) is 4.90 Å². The van der Waals surface area contributed by atoms with Gasteiger partial charge in [0, 0.05) is 28.1 Å². The number of rotatable bonds is 4. The lowest BCUT2D eigenvalue weighted by atomic mass is 10.3. The molecule has 1 atom stereocenters. The molecule has 0 aliphatic carbocycles.